The molecule has 0 aliphatic rings. The van der Waals surface area contributed by atoms with Gasteiger partial charge >= 0.3 is 0 Å². The van der Waals surface area contributed by atoms with Crippen LogP contribution in [0.4, 0.5) is 0 Å². The van der Waals surface area contributed by atoms with E-state index in [1.807, 2.05) is 11.7 Å². The molecule has 1 heterocycles. The monoisotopic (exact) mass is 274 g/mol. The van der Waals surface area contributed by atoms with Crippen LogP contribution in [0.1, 0.15) is 32.4 Å². The first-order valence-electron chi connectivity index (χ1n) is 7.40. The number of hydrogen-bond acceptors (Lipinski definition) is 3. The number of rotatable bonds is 6. The van der Waals surface area contributed by atoms with E-state index in [4.69, 9.17) is 5.73 Å². The van der Waals surface area contributed by atoms with Crippen LogP contribution in [0, 0.1) is 0 Å². The minimum Gasteiger partial charge on any atom is -0.329 e. The van der Waals surface area contributed by atoms with Crippen molar-refractivity contribution in [3.8, 4) is 0 Å². The summed E-state index contributed by atoms with van der Waals surface area (Å²) in [6.07, 6.45) is 2.11. The third kappa shape index (κ3) is 2.45. The maximum Gasteiger partial charge on any atom is 0.0843 e. The predicted molar refractivity (Wildman–Crippen MR) is 84.5 cm³/mol. The van der Waals surface area contributed by atoms with E-state index in [0.717, 1.165) is 25.1 Å². The summed E-state index contributed by atoms with van der Waals surface area (Å²) in [6, 6.07) is 8.39. The van der Waals surface area contributed by atoms with Gasteiger partial charge in [-0.1, -0.05) is 32.0 Å². The van der Waals surface area contributed by atoms with Gasteiger partial charge in [0.2, 0.25) is 0 Å². The highest BCUT2D eigenvalue weighted by atomic mass is 15.3. The Morgan fingerprint density at radius 2 is 1.90 bits per heavy atom. The highest BCUT2D eigenvalue weighted by Gasteiger charge is 2.30. The first-order chi connectivity index (χ1) is 9.57. The van der Waals surface area contributed by atoms with Gasteiger partial charge in [-0.15, -0.1) is 0 Å². The Balaban J connectivity index is 2.32. The standard InChI is InChI=1S/C16H26N4/c1-5-16(6-2,12-17)19(3)11-14-13-9-7-8-10-15(13)20(4)18-14/h7-10H,5-6,11-12,17H2,1-4H3. The maximum absolute atomic E-state index is 6.03. The summed E-state index contributed by atoms with van der Waals surface area (Å²) in [5, 5.41) is 5.92. The van der Waals surface area contributed by atoms with Crippen molar-refractivity contribution < 1.29 is 0 Å². The molecule has 4 heteroatoms. The van der Waals surface area contributed by atoms with Gasteiger partial charge in [0.1, 0.15) is 0 Å². The summed E-state index contributed by atoms with van der Waals surface area (Å²) in [5.41, 5.74) is 8.41. The highest BCUT2D eigenvalue weighted by molar-refractivity contribution is 5.81. The predicted octanol–water partition coefficient (Wildman–Crippen LogP) is 2.52. The number of benzene rings is 1. The van der Waals surface area contributed by atoms with E-state index >= 15 is 0 Å². The third-order valence-corrected chi connectivity index (χ3v) is 4.73. The van der Waals surface area contributed by atoms with Gasteiger partial charge in [-0.3, -0.25) is 9.58 Å². The Morgan fingerprint density at radius 3 is 2.50 bits per heavy atom. The Hall–Kier alpha value is -1.39. The molecule has 110 valence electrons. The van der Waals surface area contributed by atoms with Gasteiger partial charge < -0.3 is 5.73 Å². The lowest BCUT2D eigenvalue weighted by molar-refractivity contribution is 0.107. The van der Waals surface area contributed by atoms with Crippen LogP contribution in [0.5, 0.6) is 0 Å². The number of hydrogen-bond donors (Lipinski definition) is 1. The number of para-hydroxylation sites is 1. The fraction of sp³-hybridized carbons (Fsp3) is 0.562. The quantitative estimate of drug-likeness (QED) is 0.880. The van der Waals surface area contributed by atoms with Crippen molar-refractivity contribution in [2.45, 2.75) is 38.8 Å². The Morgan fingerprint density at radius 1 is 1.25 bits per heavy atom. The Kier molecular flexibility index (Phi) is 4.45. The third-order valence-electron chi connectivity index (χ3n) is 4.73. The van der Waals surface area contributed by atoms with E-state index in [2.05, 4.69) is 55.2 Å². The fourth-order valence-electron chi connectivity index (χ4n) is 3.03. The molecule has 0 saturated heterocycles. The van der Waals surface area contributed by atoms with E-state index in [9.17, 15) is 0 Å². The van der Waals surface area contributed by atoms with Crippen LogP contribution in [0.2, 0.25) is 0 Å². The van der Waals surface area contributed by atoms with E-state index in [-0.39, 0.29) is 5.54 Å². The molecule has 2 rings (SSSR count). The first kappa shape index (κ1) is 15.0. The van der Waals surface area contributed by atoms with Gasteiger partial charge in [0.15, 0.2) is 0 Å². The molecule has 0 aliphatic carbocycles. The molecule has 0 atom stereocenters. The van der Waals surface area contributed by atoms with E-state index < -0.39 is 0 Å². The molecule has 2 aromatic rings. The lowest BCUT2D eigenvalue weighted by atomic mass is 9.91. The summed E-state index contributed by atoms with van der Waals surface area (Å²) >= 11 is 0. The maximum atomic E-state index is 6.03. The van der Waals surface area contributed by atoms with Gasteiger partial charge in [-0.2, -0.15) is 5.10 Å². The molecule has 0 spiro atoms. The zero-order valence-electron chi connectivity index (χ0n) is 13.1. The molecule has 2 N–H and O–H groups in total. The molecule has 1 aromatic heterocycles. The molecule has 20 heavy (non-hydrogen) atoms. The molecule has 0 unspecified atom stereocenters. The van der Waals surface area contributed by atoms with Crippen molar-refractivity contribution >= 4 is 10.9 Å². The summed E-state index contributed by atoms with van der Waals surface area (Å²) in [7, 11) is 4.16. The fourth-order valence-corrected chi connectivity index (χ4v) is 3.03. The second-order valence-corrected chi connectivity index (χ2v) is 5.58. The second-order valence-electron chi connectivity index (χ2n) is 5.58. The van der Waals surface area contributed by atoms with Crippen LogP contribution in [0.3, 0.4) is 0 Å². The topological polar surface area (TPSA) is 47.1 Å². The molecular formula is C16H26N4. The van der Waals surface area contributed by atoms with E-state index in [0.29, 0.717) is 6.54 Å². The Bertz CT molecular complexity index is 561. The van der Waals surface area contributed by atoms with Crippen molar-refractivity contribution in [3.63, 3.8) is 0 Å². The zero-order valence-corrected chi connectivity index (χ0v) is 13.1. The summed E-state index contributed by atoms with van der Waals surface area (Å²) in [6.45, 7) is 5.94. The largest absolute Gasteiger partial charge is 0.329 e. The van der Waals surface area contributed by atoms with Crippen LogP contribution < -0.4 is 5.73 Å². The number of likely N-dealkylation sites (N-methyl/N-ethyl adjacent to an activating group) is 1. The molecule has 0 radical (unpaired) electrons. The first-order valence-corrected chi connectivity index (χ1v) is 7.40. The van der Waals surface area contributed by atoms with Crippen molar-refractivity contribution in [2.24, 2.45) is 12.8 Å². The van der Waals surface area contributed by atoms with E-state index in [1.165, 1.54) is 10.9 Å². The van der Waals surface area contributed by atoms with Crippen molar-refractivity contribution in [3.05, 3.63) is 30.0 Å². The van der Waals surface area contributed by atoms with Crippen molar-refractivity contribution in [1.82, 2.24) is 14.7 Å². The van der Waals surface area contributed by atoms with Crippen molar-refractivity contribution in [2.75, 3.05) is 13.6 Å². The average Bonchev–Trinajstić information content (AvgIpc) is 2.79. The molecule has 0 fully saturated rings. The van der Waals surface area contributed by atoms with Crippen LogP contribution in [0.25, 0.3) is 10.9 Å². The number of aryl methyl sites for hydroxylation is 1. The summed E-state index contributed by atoms with van der Waals surface area (Å²) < 4.78 is 1.96. The number of nitrogens with two attached hydrogens (primary N) is 1. The van der Waals surface area contributed by atoms with Gasteiger partial charge in [0, 0.05) is 31.1 Å². The highest BCUT2D eigenvalue weighted by Crippen LogP contribution is 2.25. The molecule has 0 amide bonds. The minimum atomic E-state index is 0.0681. The lowest BCUT2D eigenvalue weighted by Gasteiger charge is -2.39. The molecule has 4 nitrogen and oxygen atoms in total. The molecule has 0 bridgehead atoms. The summed E-state index contributed by atoms with van der Waals surface area (Å²) in [5.74, 6) is 0. The van der Waals surface area contributed by atoms with Crippen LogP contribution in [-0.4, -0.2) is 33.8 Å². The normalized spacial score (nSPS) is 12.5. The second kappa shape index (κ2) is 5.94. The zero-order chi connectivity index (χ0) is 14.8. The van der Waals surface area contributed by atoms with Gasteiger partial charge in [-0.05, 0) is 26.0 Å². The molecule has 0 saturated carbocycles. The molecular weight excluding hydrogens is 248 g/mol. The van der Waals surface area contributed by atoms with Crippen LogP contribution in [0.15, 0.2) is 24.3 Å². The van der Waals surface area contributed by atoms with Crippen molar-refractivity contribution in [1.29, 1.82) is 0 Å². The van der Waals surface area contributed by atoms with Crippen LogP contribution >= 0.6 is 0 Å². The van der Waals surface area contributed by atoms with E-state index in [1.54, 1.807) is 0 Å². The minimum absolute atomic E-state index is 0.0681. The molecule has 1 aromatic carbocycles. The smallest absolute Gasteiger partial charge is 0.0843 e. The number of aromatic nitrogens is 2. The van der Waals surface area contributed by atoms with Gasteiger partial charge in [0.25, 0.3) is 0 Å². The molecule has 0 aliphatic heterocycles. The summed E-state index contributed by atoms with van der Waals surface area (Å²) in [4.78, 5) is 2.36. The average molecular weight is 274 g/mol. The number of nitrogens with zero attached hydrogens (tertiary/aromatic N) is 3. The van der Waals surface area contributed by atoms with Gasteiger partial charge in [-0.25, -0.2) is 0 Å². The Labute approximate surface area is 121 Å². The number of fused-ring (bicyclic) bond motifs is 1. The van der Waals surface area contributed by atoms with Crippen LogP contribution in [-0.2, 0) is 13.6 Å². The van der Waals surface area contributed by atoms with Gasteiger partial charge in [0.05, 0.1) is 11.2 Å². The SMILES string of the molecule is CCC(CC)(CN)N(C)Cc1nn(C)c2ccccc12. The lowest BCUT2D eigenvalue weighted by Crippen LogP contribution is -2.50.